The number of rotatable bonds is 5. The second kappa shape index (κ2) is 8.43. The molecule has 2 aliphatic heterocycles. The third-order valence-corrected chi connectivity index (χ3v) is 6.06. The van der Waals surface area contributed by atoms with Crippen LogP contribution in [0.25, 0.3) is 22.3 Å². The number of fused-ring (bicyclic) bond motifs is 1. The lowest BCUT2D eigenvalue weighted by molar-refractivity contribution is -0.0728. The SMILES string of the molecule is FC1(F)CCNC[C@@H]1CNc1nc(-c2cnn(C3CCOCC3)c2)cc2nccnc12. The first kappa shape index (κ1) is 20.2. The molecule has 0 bridgehead atoms. The van der Waals surface area contributed by atoms with E-state index in [9.17, 15) is 8.78 Å². The molecule has 164 valence electrons. The number of piperidine rings is 1. The van der Waals surface area contributed by atoms with Crippen molar-refractivity contribution in [1.82, 2.24) is 30.0 Å². The molecule has 0 saturated carbocycles. The molecule has 8 nitrogen and oxygen atoms in total. The van der Waals surface area contributed by atoms with Gasteiger partial charge in [0, 0.05) is 63.4 Å². The average molecular weight is 429 g/mol. The van der Waals surface area contributed by atoms with Crippen molar-refractivity contribution in [1.29, 1.82) is 0 Å². The first-order valence-electron chi connectivity index (χ1n) is 10.7. The number of pyridine rings is 1. The minimum atomic E-state index is -2.71. The van der Waals surface area contributed by atoms with Gasteiger partial charge in [-0.3, -0.25) is 9.67 Å². The van der Waals surface area contributed by atoms with Gasteiger partial charge in [-0.2, -0.15) is 5.10 Å². The third-order valence-electron chi connectivity index (χ3n) is 6.06. The normalized spacial score (nSPS) is 21.9. The smallest absolute Gasteiger partial charge is 0.255 e. The van der Waals surface area contributed by atoms with E-state index in [0.717, 1.165) is 31.6 Å². The number of nitrogens with zero attached hydrogens (tertiary/aromatic N) is 5. The van der Waals surface area contributed by atoms with E-state index < -0.39 is 11.8 Å². The molecule has 0 amide bonds. The lowest BCUT2D eigenvalue weighted by Crippen LogP contribution is -2.47. The van der Waals surface area contributed by atoms with Crippen LogP contribution in [0.1, 0.15) is 25.3 Å². The van der Waals surface area contributed by atoms with Crippen LogP contribution in [0.15, 0.2) is 30.9 Å². The molecule has 5 heterocycles. The van der Waals surface area contributed by atoms with E-state index in [4.69, 9.17) is 9.72 Å². The highest BCUT2D eigenvalue weighted by Crippen LogP contribution is 2.32. The summed E-state index contributed by atoms with van der Waals surface area (Å²) in [5.41, 5.74) is 2.76. The maximum absolute atomic E-state index is 14.3. The molecule has 2 saturated heterocycles. The Morgan fingerprint density at radius 3 is 2.90 bits per heavy atom. The van der Waals surface area contributed by atoms with Crippen molar-refractivity contribution in [3.63, 3.8) is 0 Å². The predicted octanol–water partition coefficient (Wildman–Crippen LogP) is 2.90. The topological polar surface area (TPSA) is 89.8 Å². The van der Waals surface area contributed by atoms with Crippen LogP contribution in [0.4, 0.5) is 14.6 Å². The monoisotopic (exact) mass is 429 g/mol. The Bertz CT molecular complexity index is 1050. The van der Waals surface area contributed by atoms with Crippen LogP contribution in [0.2, 0.25) is 0 Å². The number of hydrogen-bond donors (Lipinski definition) is 2. The van der Waals surface area contributed by atoms with Crippen molar-refractivity contribution >= 4 is 16.9 Å². The Labute approximate surface area is 178 Å². The summed E-state index contributed by atoms with van der Waals surface area (Å²) in [6, 6.07) is 2.16. The van der Waals surface area contributed by atoms with E-state index in [-0.39, 0.29) is 19.5 Å². The van der Waals surface area contributed by atoms with E-state index in [1.807, 2.05) is 16.9 Å². The van der Waals surface area contributed by atoms with Gasteiger partial charge in [-0.05, 0) is 18.9 Å². The van der Waals surface area contributed by atoms with Crippen LogP contribution in [0.3, 0.4) is 0 Å². The molecule has 3 aromatic rings. The quantitative estimate of drug-likeness (QED) is 0.645. The molecule has 0 radical (unpaired) electrons. The minimum Gasteiger partial charge on any atom is -0.381 e. The summed E-state index contributed by atoms with van der Waals surface area (Å²) in [5, 5.41) is 10.7. The molecule has 0 unspecified atom stereocenters. The summed E-state index contributed by atoms with van der Waals surface area (Å²) in [5.74, 6) is -3.06. The van der Waals surface area contributed by atoms with Crippen molar-refractivity contribution < 1.29 is 13.5 Å². The maximum Gasteiger partial charge on any atom is 0.255 e. The van der Waals surface area contributed by atoms with Gasteiger partial charge in [-0.25, -0.2) is 18.7 Å². The van der Waals surface area contributed by atoms with Crippen LogP contribution in [-0.4, -0.2) is 63.5 Å². The van der Waals surface area contributed by atoms with Gasteiger partial charge >= 0.3 is 0 Å². The van der Waals surface area contributed by atoms with E-state index in [1.54, 1.807) is 18.6 Å². The van der Waals surface area contributed by atoms with E-state index in [2.05, 4.69) is 25.7 Å². The fourth-order valence-electron chi connectivity index (χ4n) is 4.19. The lowest BCUT2D eigenvalue weighted by atomic mass is 9.95. The Hall–Kier alpha value is -2.72. The highest BCUT2D eigenvalue weighted by atomic mass is 19.3. The van der Waals surface area contributed by atoms with Gasteiger partial charge in [0.15, 0.2) is 5.82 Å². The third kappa shape index (κ3) is 4.22. The summed E-state index contributed by atoms with van der Waals surface area (Å²) >= 11 is 0. The van der Waals surface area contributed by atoms with E-state index in [1.165, 1.54) is 0 Å². The molecule has 2 aliphatic rings. The van der Waals surface area contributed by atoms with E-state index >= 15 is 0 Å². The number of alkyl halides is 2. The Morgan fingerprint density at radius 2 is 2.06 bits per heavy atom. The van der Waals surface area contributed by atoms with Crippen molar-refractivity contribution in [2.75, 3.05) is 38.2 Å². The molecule has 1 atom stereocenters. The van der Waals surface area contributed by atoms with Crippen LogP contribution in [-0.2, 0) is 4.74 Å². The van der Waals surface area contributed by atoms with E-state index in [0.29, 0.717) is 35.1 Å². The standard InChI is InChI=1S/C21H25F2N7O/c22-21(23)3-4-24-11-15(21)12-27-20-19-18(25-5-6-26-19)9-17(29-20)14-10-28-30(13-14)16-1-7-31-8-2-16/h5-6,9-10,13,15-16,24H,1-4,7-8,11-12H2,(H,27,29)/t15-/m1/s1. The van der Waals surface area contributed by atoms with Gasteiger partial charge < -0.3 is 15.4 Å². The van der Waals surface area contributed by atoms with Crippen molar-refractivity contribution in [3.05, 3.63) is 30.9 Å². The number of hydrogen-bond acceptors (Lipinski definition) is 7. The number of ether oxygens (including phenoxy) is 1. The van der Waals surface area contributed by atoms with Gasteiger partial charge in [0.25, 0.3) is 5.92 Å². The number of anilines is 1. The van der Waals surface area contributed by atoms with Crippen LogP contribution in [0, 0.1) is 5.92 Å². The fraction of sp³-hybridized carbons (Fsp3) is 0.524. The van der Waals surface area contributed by atoms with Crippen molar-refractivity contribution in [2.24, 2.45) is 5.92 Å². The first-order valence-corrected chi connectivity index (χ1v) is 10.7. The Morgan fingerprint density at radius 1 is 1.23 bits per heavy atom. The average Bonchev–Trinajstić information content (AvgIpc) is 3.29. The molecule has 2 fully saturated rings. The molecule has 2 N–H and O–H groups in total. The van der Waals surface area contributed by atoms with Crippen LogP contribution < -0.4 is 10.6 Å². The second-order valence-electron chi connectivity index (χ2n) is 8.13. The molecule has 0 aromatic carbocycles. The zero-order valence-electron chi connectivity index (χ0n) is 17.1. The van der Waals surface area contributed by atoms with Crippen molar-refractivity contribution in [3.8, 4) is 11.3 Å². The summed E-state index contributed by atoms with van der Waals surface area (Å²) in [4.78, 5) is 13.5. The van der Waals surface area contributed by atoms with Gasteiger partial charge in [0.1, 0.15) is 5.52 Å². The number of aromatic nitrogens is 5. The molecular formula is C21H25F2N7O. The van der Waals surface area contributed by atoms with Crippen LogP contribution >= 0.6 is 0 Å². The van der Waals surface area contributed by atoms with Gasteiger partial charge in [-0.15, -0.1) is 0 Å². The fourth-order valence-corrected chi connectivity index (χ4v) is 4.19. The lowest BCUT2D eigenvalue weighted by Gasteiger charge is -2.32. The molecule has 0 spiro atoms. The molecule has 31 heavy (non-hydrogen) atoms. The van der Waals surface area contributed by atoms with Crippen LogP contribution in [0.5, 0.6) is 0 Å². The maximum atomic E-state index is 14.3. The zero-order chi connectivity index (χ0) is 21.3. The minimum absolute atomic E-state index is 0.101. The summed E-state index contributed by atoms with van der Waals surface area (Å²) in [6.45, 7) is 2.17. The molecule has 5 rings (SSSR count). The molecule has 0 aliphatic carbocycles. The Kier molecular flexibility index (Phi) is 5.49. The number of nitrogens with one attached hydrogen (secondary N) is 2. The van der Waals surface area contributed by atoms with Gasteiger partial charge in [0.05, 0.1) is 29.4 Å². The highest BCUT2D eigenvalue weighted by Gasteiger charge is 2.41. The largest absolute Gasteiger partial charge is 0.381 e. The van der Waals surface area contributed by atoms with Gasteiger partial charge in [0.2, 0.25) is 0 Å². The molecule has 3 aromatic heterocycles. The predicted molar refractivity (Wildman–Crippen MR) is 112 cm³/mol. The highest BCUT2D eigenvalue weighted by molar-refractivity contribution is 5.88. The Balaban J connectivity index is 1.43. The summed E-state index contributed by atoms with van der Waals surface area (Å²) < 4.78 is 35.9. The summed E-state index contributed by atoms with van der Waals surface area (Å²) in [7, 11) is 0. The zero-order valence-corrected chi connectivity index (χ0v) is 17.1. The second-order valence-corrected chi connectivity index (χ2v) is 8.13. The summed E-state index contributed by atoms with van der Waals surface area (Å²) in [6.07, 6.45) is 8.64. The molecule has 10 heteroatoms. The van der Waals surface area contributed by atoms with Crippen molar-refractivity contribution in [2.45, 2.75) is 31.2 Å². The van der Waals surface area contributed by atoms with Gasteiger partial charge in [-0.1, -0.05) is 0 Å². The first-order chi connectivity index (χ1) is 15.1. The number of halogens is 2. The molecular weight excluding hydrogens is 404 g/mol.